The lowest BCUT2D eigenvalue weighted by atomic mass is 9.78. The molecule has 1 aromatic rings. The van der Waals surface area contributed by atoms with Gasteiger partial charge in [-0.25, -0.2) is 4.79 Å². The molecule has 1 N–H and O–H groups in total. The molecular weight excluding hydrogens is 250 g/mol. The second-order valence-corrected chi connectivity index (χ2v) is 5.94. The molecule has 1 aliphatic heterocycles. The molecule has 1 heterocycles. The van der Waals surface area contributed by atoms with Crippen molar-refractivity contribution in [2.75, 3.05) is 18.0 Å². The van der Waals surface area contributed by atoms with Crippen LogP contribution in [-0.4, -0.2) is 24.2 Å². The molecule has 96 valence electrons. The van der Waals surface area contributed by atoms with Gasteiger partial charge in [-0.2, -0.15) is 0 Å². The smallest absolute Gasteiger partial charge is 0.335 e. The number of nitrogens with zero attached hydrogens (tertiary/aromatic N) is 1. The highest BCUT2D eigenvalue weighted by Gasteiger charge is 2.45. The Labute approximate surface area is 111 Å². The Balaban J connectivity index is 1.76. The summed E-state index contributed by atoms with van der Waals surface area (Å²) in [5.41, 5.74) is 1.74. The molecule has 0 amide bonds. The topological polar surface area (TPSA) is 40.5 Å². The third kappa shape index (κ3) is 1.87. The van der Waals surface area contributed by atoms with Crippen LogP contribution in [0.25, 0.3) is 0 Å². The number of aromatic carboxylic acids is 1. The maximum Gasteiger partial charge on any atom is 0.335 e. The highest BCUT2D eigenvalue weighted by atomic mass is 35.5. The molecule has 0 bridgehead atoms. The van der Waals surface area contributed by atoms with Gasteiger partial charge in [0.05, 0.1) is 16.3 Å². The lowest BCUT2D eigenvalue weighted by molar-refractivity contribution is 0.0697. The van der Waals surface area contributed by atoms with Gasteiger partial charge in [0.25, 0.3) is 0 Å². The van der Waals surface area contributed by atoms with Crippen LogP contribution >= 0.6 is 11.6 Å². The van der Waals surface area contributed by atoms with Gasteiger partial charge >= 0.3 is 5.97 Å². The van der Waals surface area contributed by atoms with Crippen LogP contribution in [0.15, 0.2) is 18.2 Å². The van der Waals surface area contributed by atoms with Crippen molar-refractivity contribution in [3.63, 3.8) is 0 Å². The normalized spacial score (nSPS) is 21.1. The number of rotatable bonds is 2. The predicted octanol–water partition coefficient (Wildman–Crippen LogP) is 3.42. The summed E-state index contributed by atoms with van der Waals surface area (Å²) in [6, 6.07) is 5.00. The number of halogens is 1. The van der Waals surface area contributed by atoms with Crippen LogP contribution in [0.4, 0.5) is 5.69 Å². The van der Waals surface area contributed by atoms with Crippen molar-refractivity contribution >= 4 is 23.3 Å². The molecule has 0 aromatic heterocycles. The molecule has 3 nitrogen and oxygen atoms in total. The van der Waals surface area contributed by atoms with E-state index in [1.54, 1.807) is 12.1 Å². The molecule has 3 rings (SSSR count). The van der Waals surface area contributed by atoms with E-state index in [4.69, 9.17) is 16.7 Å². The Hall–Kier alpha value is -1.22. The Morgan fingerprint density at radius 1 is 1.28 bits per heavy atom. The van der Waals surface area contributed by atoms with Gasteiger partial charge < -0.3 is 10.0 Å². The van der Waals surface area contributed by atoms with Gasteiger partial charge in [-0.3, -0.25) is 0 Å². The van der Waals surface area contributed by atoms with E-state index in [1.807, 2.05) is 6.07 Å². The summed E-state index contributed by atoms with van der Waals surface area (Å²) < 4.78 is 0. The van der Waals surface area contributed by atoms with Crippen molar-refractivity contribution in [2.24, 2.45) is 5.41 Å². The van der Waals surface area contributed by atoms with Crippen LogP contribution in [-0.2, 0) is 0 Å². The van der Waals surface area contributed by atoms with Crippen LogP contribution in [0.5, 0.6) is 0 Å². The van der Waals surface area contributed by atoms with Crippen molar-refractivity contribution < 1.29 is 9.90 Å². The van der Waals surface area contributed by atoms with Crippen LogP contribution in [0.2, 0.25) is 5.02 Å². The standard InChI is InChI=1S/C14H16ClNO2/c15-11-7-10(13(17)18)3-4-12(11)16-8-14(9-16)5-1-2-6-14/h3-4,7H,1-2,5-6,8-9H2,(H,17,18). The average molecular weight is 266 g/mol. The zero-order chi connectivity index (χ0) is 12.8. The SMILES string of the molecule is O=C(O)c1ccc(N2CC3(CCCC3)C2)c(Cl)c1. The minimum absolute atomic E-state index is 0.250. The molecule has 18 heavy (non-hydrogen) atoms. The van der Waals surface area contributed by atoms with E-state index in [9.17, 15) is 4.79 Å². The molecule has 2 aliphatic rings. The first kappa shape index (κ1) is 11.8. The van der Waals surface area contributed by atoms with Crippen molar-refractivity contribution in [3.8, 4) is 0 Å². The summed E-state index contributed by atoms with van der Waals surface area (Å²) in [5.74, 6) is -0.931. The number of hydrogen-bond acceptors (Lipinski definition) is 2. The Bertz CT molecular complexity index is 487. The summed E-state index contributed by atoms with van der Waals surface area (Å²) in [4.78, 5) is 13.1. The molecule has 2 fully saturated rings. The molecule has 0 atom stereocenters. The fourth-order valence-electron chi connectivity index (χ4n) is 3.27. The summed E-state index contributed by atoms with van der Waals surface area (Å²) in [5, 5.41) is 9.45. The van der Waals surface area contributed by atoms with Gasteiger partial charge in [0.2, 0.25) is 0 Å². The van der Waals surface area contributed by atoms with Crippen LogP contribution in [0, 0.1) is 5.41 Å². The minimum atomic E-state index is -0.931. The fraction of sp³-hybridized carbons (Fsp3) is 0.500. The van der Waals surface area contributed by atoms with Gasteiger partial charge in [0.15, 0.2) is 0 Å². The molecule has 1 saturated carbocycles. The largest absolute Gasteiger partial charge is 0.478 e. The molecule has 1 aliphatic carbocycles. The Kier molecular flexibility index (Phi) is 2.74. The van der Waals surface area contributed by atoms with Gasteiger partial charge in [0, 0.05) is 18.5 Å². The molecule has 0 unspecified atom stereocenters. The van der Waals surface area contributed by atoms with E-state index in [2.05, 4.69) is 4.90 Å². The Morgan fingerprint density at radius 2 is 1.94 bits per heavy atom. The molecule has 1 aromatic carbocycles. The molecule has 4 heteroatoms. The van der Waals surface area contributed by atoms with Crippen molar-refractivity contribution in [1.82, 2.24) is 0 Å². The van der Waals surface area contributed by atoms with Gasteiger partial charge in [0.1, 0.15) is 0 Å². The second-order valence-electron chi connectivity index (χ2n) is 5.53. The second kappa shape index (κ2) is 4.16. The van der Waals surface area contributed by atoms with Crippen molar-refractivity contribution in [2.45, 2.75) is 25.7 Å². The highest BCUT2D eigenvalue weighted by molar-refractivity contribution is 6.33. The fourth-order valence-corrected chi connectivity index (χ4v) is 3.57. The maximum atomic E-state index is 10.8. The zero-order valence-electron chi connectivity index (χ0n) is 10.2. The zero-order valence-corrected chi connectivity index (χ0v) is 10.9. The van der Waals surface area contributed by atoms with E-state index in [1.165, 1.54) is 25.7 Å². The number of hydrogen-bond donors (Lipinski definition) is 1. The van der Waals surface area contributed by atoms with Crippen molar-refractivity contribution in [3.05, 3.63) is 28.8 Å². The number of anilines is 1. The first-order valence-electron chi connectivity index (χ1n) is 6.38. The molecule has 1 spiro atoms. The van der Waals surface area contributed by atoms with Crippen LogP contribution in [0.3, 0.4) is 0 Å². The highest BCUT2D eigenvalue weighted by Crippen LogP contribution is 2.48. The monoisotopic (exact) mass is 265 g/mol. The van der Waals surface area contributed by atoms with E-state index in [0.717, 1.165) is 18.8 Å². The number of carboxylic acid groups (broad SMARTS) is 1. The third-order valence-corrected chi connectivity index (χ3v) is 4.55. The number of carbonyl (C=O) groups is 1. The average Bonchev–Trinajstić information content (AvgIpc) is 2.76. The van der Waals surface area contributed by atoms with Gasteiger partial charge in [-0.05, 0) is 31.0 Å². The summed E-state index contributed by atoms with van der Waals surface area (Å²) >= 11 is 6.17. The summed E-state index contributed by atoms with van der Waals surface area (Å²) in [6.45, 7) is 2.14. The van der Waals surface area contributed by atoms with E-state index < -0.39 is 5.97 Å². The van der Waals surface area contributed by atoms with Gasteiger partial charge in [-0.15, -0.1) is 0 Å². The number of benzene rings is 1. The van der Waals surface area contributed by atoms with Crippen LogP contribution in [0.1, 0.15) is 36.0 Å². The lowest BCUT2D eigenvalue weighted by Gasteiger charge is -2.50. The van der Waals surface area contributed by atoms with E-state index in [-0.39, 0.29) is 5.56 Å². The van der Waals surface area contributed by atoms with Crippen LogP contribution < -0.4 is 4.90 Å². The number of carboxylic acids is 1. The maximum absolute atomic E-state index is 10.8. The quantitative estimate of drug-likeness (QED) is 0.891. The molecular formula is C14H16ClNO2. The molecule has 1 saturated heterocycles. The minimum Gasteiger partial charge on any atom is -0.478 e. The first-order valence-corrected chi connectivity index (χ1v) is 6.75. The predicted molar refractivity (Wildman–Crippen MR) is 71.5 cm³/mol. The lowest BCUT2D eigenvalue weighted by Crippen LogP contribution is -2.55. The van der Waals surface area contributed by atoms with Crippen molar-refractivity contribution in [1.29, 1.82) is 0 Å². The summed E-state index contributed by atoms with van der Waals surface area (Å²) in [6.07, 6.45) is 5.35. The van der Waals surface area contributed by atoms with E-state index in [0.29, 0.717) is 10.4 Å². The van der Waals surface area contributed by atoms with E-state index >= 15 is 0 Å². The summed E-state index contributed by atoms with van der Waals surface area (Å²) in [7, 11) is 0. The molecule has 0 radical (unpaired) electrons. The van der Waals surface area contributed by atoms with Gasteiger partial charge in [-0.1, -0.05) is 24.4 Å². The third-order valence-electron chi connectivity index (χ3n) is 4.25. The first-order chi connectivity index (χ1) is 8.60. The Morgan fingerprint density at radius 3 is 2.50 bits per heavy atom.